The summed E-state index contributed by atoms with van der Waals surface area (Å²) < 4.78 is 10.3. The molecule has 3 heterocycles. The van der Waals surface area contributed by atoms with Gasteiger partial charge in [0.1, 0.15) is 5.60 Å². The Morgan fingerprint density at radius 3 is 2.65 bits per heavy atom. The van der Waals surface area contributed by atoms with Crippen molar-refractivity contribution in [3.8, 4) is 0 Å². The van der Waals surface area contributed by atoms with Gasteiger partial charge in [0.15, 0.2) is 6.04 Å². The van der Waals surface area contributed by atoms with Crippen LogP contribution < -0.4 is 10.2 Å². The lowest BCUT2D eigenvalue weighted by atomic mass is 10.1. The number of nitrogens with zero attached hydrogens (tertiary/aromatic N) is 4. The smallest absolute Gasteiger partial charge is 0.411 e. The summed E-state index contributed by atoms with van der Waals surface area (Å²) in [6.07, 6.45) is 2.41. The normalized spacial score (nSPS) is 20.6. The van der Waals surface area contributed by atoms with Crippen LogP contribution in [-0.2, 0) is 19.1 Å². The number of hydrogen-bond acceptors (Lipinski definition) is 10. The predicted molar refractivity (Wildman–Crippen MR) is 112 cm³/mol. The van der Waals surface area contributed by atoms with Crippen LogP contribution in [-0.4, -0.2) is 76.5 Å². The number of piperazine rings is 1. The van der Waals surface area contributed by atoms with Crippen molar-refractivity contribution in [1.82, 2.24) is 20.2 Å². The van der Waals surface area contributed by atoms with Gasteiger partial charge in [0.2, 0.25) is 5.95 Å². The standard InChI is InChI=1S/C19H23N5O6S/c1-19(2,3)30-18(28)24-8-7-23(10-12(24)15(26)29-4)16-20-6-5-11(21-16)9-13-14(25)22-17(27)31-13/h5-6,9,12H,7-8,10H2,1-4H3,(H,22,25,27). The van der Waals surface area contributed by atoms with Crippen molar-refractivity contribution in [3.05, 3.63) is 22.9 Å². The summed E-state index contributed by atoms with van der Waals surface area (Å²) in [6.45, 7) is 5.92. The first kappa shape index (κ1) is 22.5. The summed E-state index contributed by atoms with van der Waals surface area (Å²) in [5.41, 5.74) is -0.271. The van der Waals surface area contributed by atoms with E-state index in [0.29, 0.717) is 18.2 Å². The fraction of sp³-hybridized carbons (Fsp3) is 0.474. The lowest BCUT2D eigenvalue weighted by Gasteiger charge is -2.40. The highest BCUT2D eigenvalue weighted by Gasteiger charge is 2.39. The van der Waals surface area contributed by atoms with Crippen LogP contribution in [0.4, 0.5) is 15.5 Å². The van der Waals surface area contributed by atoms with E-state index in [1.807, 2.05) is 0 Å². The van der Waals surface area contributed by atoms with Crippen molar-refractivity contribution in [1.29, 1.82) is 0 Å². The Labute approximate surface area is 183 Å². The summed E-state index contributed by atoms with van der Waals surface area (Å²) in [7, 11) is 1.25. The second-order valence-electron chi connectivity index (χ2n) is 7.79. The topological polar surface area (TPSA) is 131 Å². The number of carbonyl (C=O) groups excluding carboxylic acids is 4. The average molecular weight is 449 g/mol. The maximum absolute atomic E-state index is 12.6. The molecule has 0 bridgehead atoms. The molecule has 166 valence electrons. The molecule has 0 aliphatic carbocycles. The zero-order valence-corrected chi connectivity index (χ0v) is 18.4. The van der Waals surface area contributed by atoms with Gasteiger partial charge in [-0.15, -0.1) is 0 Å². The highest BCUT2D eigenvalue weighted by molar-refractivity contribution is 8.18. The number of anilines is 1. The third-order valence-electron chi connectivity index (χ3n) is 4.35. The van der Waals surface area contributed by atoms with Crippen LogP contribution in [0, 0.1) is 0 Å². The molecule has 1 aromatic rings. The largest absolute Gasteiger partial charge is 0.467 e. The fourth-order valence-corrected chi connectivity index (χ4v) is 3.66. The summed E-state index contributed by atoms with van der Waals surface area (Å²) in [5, 5.41) is 1.74. The number of esters is 1. The number of rotatable bonds is 3. The first-order valence-corrected chi connectivity index (χ1v) is 10.3. The van der Waals surface area contributed by atoms with Gasteiger partial charge in [-0.2, -0.15) is 0 Å². The monoisotopic (exact) mass is 449 g/mol. The predicted octanol–water partition coefficient (Wildman–Crippen LogP) is 1.40. The molecule has 2 aliphatic rings. The van der Waals surface area contributed by atoms with E-state index in [9.17, 15) is 19.2 Å². The number of thioether (sulfide) groups is 1. The van der Waals surface area contributed by atoms with E-state index in [4.69, 9.17) is 9.47 Å². The van der Waals surface area contributed by atoms with Crippen LogP contribution in [0.15, 0.2) is 17.2 Å². The minimum Gasteiger partial charge on any atom is -0.467 e. The molecule has 11 nitrogen and oxygen atoms in total. The number of hydrogen-bond donors (Lipinski definition) is 1. The maximum atomic E-state index is 12.6. The van der Waals surface area contributed by atoms with Crippen LogP contribution in [0.3, 0.4) is 0 Å². The molecule has 3 amide bonds. The summed E-state index contributed by atoms with van der Waals surface area (Å²) >= 11 is 0.793. The first-order valence-electron chi connectivity index (χ1n) is 9.47. The molecule has 2 aliphatic heterocycles. The highest BCUT2D eigenvalue weighted by Crippen LogP contribution is 2.26. The van der Waals surface area contributed by atoms with Gasteiger partial charge in [0, 0.05) is 19.3 Å². The van der Waals surface area contributed by atoms with E-state index in [1.54, 1.807) is 31.7 Å². The zero-order valence-electron chi connectivity index (χ0n) is 17.6. The van der Waals surface area contributed by atoms with Gasteiger partial charge >= 0.3 is 12.1 Å². The molecule has 1 atom stereocenters. The van der Waals surface area contributed by atoms with Gasteiger partial charge in [0.25, 0.3) is 11.1 Å². The molecule has 1 N–H and O–H groups in total. The molecule has 0 saturated carbocycles. The Kier molecular flexibility index (Phi) is 6.48. The number of carbonyl (C=O) groups is 4. The van der Waals surface area contributed by atoms with Gasteiger partial charge in [-0.25, -0.2) is 19.6 Å². The molecule has 0 aromatic carbocycles. The van der Waals surface area contributed by atoms with Crippen LogP contribution in [0.2, 0.25) is 0 Å². The minimum absolute atomic E-state index is 0.111. The fourth-order valence-electron chi connectivity index (χ4n) is 2.99. The number of amides is 3. The van der Waals surface area contributed by atoms with E-state index in [1.165, 1.54) is 24.3 Å². The Balaban J connectivity index is 1.79. The lowest BCUT2D eigenvalue weighted by Crippen LogP contribution is -2.59. The maximum Gasteiger partial charge on any atom is 0.411 e. The van der Waals surface area contributed by atoms with Gasteiger partial charge in [-0.1, -0.05) is 0 Å². The van der Waals surface area contributed by atoms with E-state index in [-0.39, 0.29) is 18.0 Å². The second kappa shape index (κ2) is 8.92. The van der Waals surface area contributed by atoms with E-state index in [2.05, 4.69) is 15.3 Å². The molecule has 2 fully saturated rings. The number of methoxy groups -OCH3 is 1. The van der Waals surface area contributed by atoms with E-state index < -0.39 is 34.9 Å². The molecule has 0 radical (unpaired) electrons. The van der Waals surface area contributed by atoms with Crippen LogP contribution in [0.1, 0.15) is 26.5 Å². The second-order valence-corrected chi connectivity index (χ2v) is 8.81. The number of ether oxygens (including phenoxy) is 2. The lowest BCUT2D eigenvalue weighted by molar-refractivity contribution is -0.147. The third kappa shape index (κ3) is 5.51. The van der Waals surface area contributed by atoms with Crippen molar-refractivity contribution in [2.75, 3.05) is 31.6 Å². The molecule has 1 aromatic heterocycles. The Morgan fingerprint density at radius 1 is 1.29 bits per heavy atom. The van der Waals surface area contributed by atoms with Crippen molar-refractivity contribution < 1.29 is 28.7 Å². The SMILES string of the molecule is COC(=O)C1CN(c2nccc(C=C3SC(=O)NC3=O)n2)CCN1C(=O)OC(C)(C)C. The number of aromatic nitrogens is 2. The van der Waals surface area contributed by atoms with Crippen molar-refractivity contribution in [2.45, 2.75) is 32.4 Å². The van der Waals surface area contributed by atoms with E-state index >= 15 is 0 Å². The minimum atomic E-state index is -0.895. The Hall–Kier alpha value is -3.15. The molecular weight excluding hydrogens is 426 g/mol. The van der Waals surface area contributed by atoms with Crippen molar-refractivity contribution in [3.63, 3.8) is 0 Å². The Bertz CT molecular complexity index is 944. The van der Waals surface area contributed by atoms with Gasteiger partial charge < -0.3 is 14.4 Å². The number of nitrogens with one attached hydrogen (secondary N) is 1. The van der Waals surface area contributed by atoms with E-state index in [0.717, 1.165) is 11.8 Å². The molecular formula is C19H23N5O6S. The first-order chi connectivity index (χ1) is 14.6. The van der Waals surface area contributed by atoms with Crippen molar-refractivity contribution in [2.24, 2.45) is 0 Å². The van der Waals surface area contributed by atoms with Gasteiger partial charge in [-0.3, -0.25) is 19.8 Å². The molecule has 3 rings (SSSR count). The highest BCUT2D eigenvalue weighted by atomic mass is 32.2. The van der Waals surface area contributed by atoms with Gasteiger partial charge in [0.05, 0.1) is 24.3 Å². The zero-order chi connectivity index (χ0) is 22.8. The third-order valence-corrected chi connectivity index (χ3v) is 5.16. The summed E-state index contributed by atoms with van der Waals surface area (Å²) in [6, 6.07) is 0.704. The molecule has 0 spiro atoms. The van der Waals surface area contributed by atoms with Crippen LogP contribution >= 0.6 is 11.8 Å². The van der Waals surface area contributed by atoms with Crippen molar-refractivity contribution >= 4 is 47.0 Å². The number of imide groups is 1. The average Bonchev–Trinajstić information content (AvgIpc) is 3.02. The summed E-state index contributed by atoms with van der Waals surface area (Å²) in [5.74, 6) is -0.736. The Morgan fingerprint density at radius 2 is 2.03 bits per heavy atom. The molecule has 2 saturated heterocycles. The molecule has 12 heteroatoms. The molecule has 31 heavy (non-hydrogen) atoms. The molecule has 1 unspecified atom stereocenters. The summed E-state index contributed by atoms with van der Waals surface area (Å²) in [4.78, 5) is 60.0. The van der Waals surface area contributed by atoms with Gasteiger partial charge in [-0.05, 0) is 44.7 Å². The van der Waals surface area contributed by atoms with Crippen LogP contribution in [0.25, 0.3) is 6.08 Å². The quantitative estimate of drug-likeness (QED) is 0.533. The van der Waals surface area contributed by atoms with Crippen LogP contribution in [0.5, 0.6) is 0 Å².